The average Bonchev–Trinajstić information content (AvgIpc) is 2.44. The molecule has 0 N–H and O–H groups in total. The second-order valence-electron chi connectivity index (χ2n) is 3.02. The smallest absolute Gasteiger partial charge is 0.136 e. The van der Waals surface area contributed by atoms with Gasteiger partial charge in [0.15, 0.2) is 0 Å². The molecule has 1 aliphatic carbocycles. The van der Waals surface area contributed by atoms with Gasteiger partial charge in [0.05, 0.1) is 0 Å². The van der Waals surface area contributed by atoms with Crippen molar-refractivity contribution in [3.8, 4) is 0 Å². The Morgan fingerprint density at radius 1 is 1.89 bits per heavy atom. The molecule has 2 atom stereocenters. The number of carbonyl (C=O) groups is 1. The van der Waals surface area contributed by atoms with Crippen molar-refractivity contribution in [3.05, 3.63) is 12.7 Å². The molecule has 0 aromatic heterocycles. The van der Waals surface area contributed by atoms with Gasteiger partial charge >= 0.3 is 0 Å². The summed E-state index contributed by atoms with van der Waals surface area (Å²) in [5.74, 6) is 0.752. The molecule has 0 spiro atoms. The monoisotopic (exact) mass is 124 g/mol. The fraction of sp³-hybridized carbons (Fsp3) is 0.625. The minimum Gasteiger partial charge on any atom is -0.299 e. The normalized spacial score (nSPS) is 40.0. The van der Waals surface area contributed by atoms with Crippen LogP contribution in [0.25, 0.3) is 0 Å². The van der Waals surface area contributed by atoms with Gasteiger partial charge < -0.3 is 0 Å². The number of rotatable bonds is 2. The van der Waals surface area contributed by atoms with E-state index in [2.05, 4.69) is 6.58 Å². The van der Waals surface area contributed by atoms with Crippen molar-refractivity contribution in [3.63, 3.8) is 0 Å². The molecule has 0 heterocycles. The van der Waals surface area contributed by atoms with Crippen LogP contribution in [0.5, 0.6) is 0 Å². The van der Waals surface area contributed by atoms with Gasteiger partial charge in [0, 0.05) is 5.41 Å². The summed E-state index contributed by atoms with van der Waals surface area (Å²) >= 11 is 0. The first kappa shape index (κ1) is 6.53. The molecule has 1 rings (SSSR count). The lowest BCUT2D eigenvalue weighted by molar-refractivity contribution is -0.121. The summed E-state index contributed by atoms with van der Waals surface area (Å²) in [4.78, 5) is 10.8. The Morgan fingerprint density at radius 2 is 2.44 bits per heavy atom. The van der Waals surface area contributed by atoms with Crippen LogP contribution in [0.15, 0.2) is 12.7 Å². The highest BCUT2D eigenvalue weighted by atomic mass is 16.1. The second-order valence-corrected chi connectivity index (χ2v) is 3.02. The molecule has 2 unspecified atom stereocenters. The SMILES string of the molecule is C=CC1CC1(C)C(C)=O. The maximum absolute atomic E-state index is 10.8. The maximum atomic E-state index is 10.8. The predicted molar refractivity (Wildman–Crippen MR) is 37.1 cm³/mol. The van der Waals surface area contributed by atoms with Crippen LogP contribution in [0.4, 0.5) is 0 Å². The van der Waals surface area contributed by atoms with Crippen molar-refractivity contribution < 1.29 is 4.79 Å². The van der Waals surface area contributed by atoms with Crippen LogP contribution in [-0.4, -0.2) is 5.78 Å². The largest absolute Gasteiger partial charge is 0.299 e. The number of allylic oxidation sites excluding steroid dienone is 1. The van der Waals surface area contributed by atoms with E-state index in [1.165, 1.54) is 0 Å². The van der Waals surface area contributed by atoms with Gasteiger partial charge in [-0.2, -0.15) is 0 Å². The highest BCUT2D eigenvalue weighted by Gasteiger charge is 2.51. The van der Waals surface area contributed by atoms with Crippen molar-refractivity contribution in [2.24, 2.45) is 11.3 Å². The Labute approximate surface area is 55.8 Å². The lowest BCUT2D eigenvalue weighted by Gasteiger charge is -2.00. The fourth-order valence-corrected chi connectivity index (χ4v) is 1.15. The third-order valence-electron chi connectivity index (χ3n) is 2.39. The molecule has 0 saturated heterocycles. The molecule has 0 radical (unpaired) electrons. The number of Topliss-reactive ketones (excluding diaryl/α,β-unsaturated/α-hetero) is 1. The zero-order chi connectivity index (χ0) is 7.07. The van der Waals surface area contributed by atoms with E-state index in [1.807, 2.05) is 13.0 Å². The second kappa shape index (κ2) is 1.69. The highest BCUT2D eigenvalue weighted by Crippen LogP contribution is 2.53. The van der Waals surface area contributed by atoms with Gasteiger partial charge in [-0.05, 0) is 19.3 Å². The summed E-state index contributed by atoms with van der Waals surface area (Å²) in [7, 11) is 0. The molecule has 1 saturated carbocycles. The van der Waals surface area contributed by atoms with Crippen molar-refractivity contribution in [2.45, 2.75) is 20.3 Å². The first-order valence-corrected chi connectivity index (χ1v) is 3.25. The van der Waals surface area contributed by atoms with Crippen molar-refractivity contribution in [2.75, 3.05) is 0 Å². The summed E-state index contributed by atoms with van der Waals surface area (Å²) in [5.41, 5.74) is -0.0399. The molecular formula is C8H12O. The van der Waals surface area contributed by atoms with Crippen molar-refractivity contribution in [1.29, 1.82) is 0 Å². The van der Waals surface area contributed by atoms with Crippen LogP contribution in [0.2, 0.25) is 0 Å². The van der Waals surface area contributed by atoms with E-state index in [-0.39, 0.29) is 5.41 Å². The van der Waals surface area contributed by atoms with E-state index in [0.29, 0.717) is 11.7 Å². The number of ketones is 1. The first-order chi connectivity index (χ1) is 4.11. The van der Waals surface area contributed by atoms with Gasteiger partial charge in [-0.3, -0.25) is 4.79 Å². The number of carbonyl (C=O) groups excluding carboxylic acids is 1. The molecule has 0 amide bonds. The van der Waals surface area contributed by atoms with Crippen LogP contribution in [0.1, 0.15) is 20.3 Å². The van der Waals surface area contributed by atoms with E-state index in [4.69, 9.17) is 0 Å². The fourth-order valence-electron chi connectivity index (χ4n) is 1.15. The molecule has 1 nitrogen and oxygen atoms in total. The van der Waals surface area contributed by atoms with Crippen molar-refractivity contribution in [1.82, 2.24) is 0 Å². The summed E-state index contributed by atoms with van der Waals surface area (Å²) in [5, 5.41) is 0. The molecule has 0 bridgehead atoms. The summed E-state index contributed by atoms with van der Waals surface area (Å²) in [6, 6.07) is 0. The Bertz CT molecular complexity index is 160. The van der Waals surface area contributed by atoms with Gasteiger partial charge in [0.1, 0.15) is 5.78 Å². The maximum Gasteiger partial charge on any atom is 0.136 e. The Kier molecular flexibility index (Phi) is 1.23. The van der Waals surface area contributed by atoms with Crippen LogP contribution in [0, 0.1) is 11.3 Å². The average molecular weight is 124 g/mol. The van der Waals surface area contributed by atoms with Gasteiger partial charge in [0.25, 0.3) is 0 Å². The van der Waals surface area contributed by atoms with Crippen LogP contribution in [-0.2, 0) is 4.79 Å². The Balaban J connectivity index is 2.62. The molecule has 1 fully saturated rings. The van der Waals surface area contributed by atoms with E-state index in [9.17, 15) is 4.79 Å². The number of hydrogen-bond acceptors (Lipinski definition) is 1. The van der Waals surface area contributed by atoms with Gasteiger partial charge in [-0.1, -0.05) is 13.0 Å². The van der Waals surface area contributed by atoms with E-state index in [1.54, 1.807) is 6.92 Å². The zero-order valence-electron chi connectivity index (χ0n) is 5.98. The summed E-state index contributed by atoms with van der Waals surface area (Å²) in [6.45, 7) is 7.31. The molecule has 0 aliphatic heterocycles. The number of hydrogen-bond donors (Lipinski definition) is 0. The molecular weight excluding hydrogens is 112 g/mol. The molecule has 0 aromatic rings. The molecule has 1 aliphatic rings. The standard InChI is InChI=1S/C8H12O/c1-4-7-5-8(7,3)6(2)9/h4,7H,1,5H2,2-3H3. The zero-order valence-corrected chi connectivity index (χ0v) is 5.98. The van der Waals surface area contributed by atoms with Gasteiger partial charge in [-0.15, -0.1) is 6.58 Å². The lowest BCUT2D eigenvalue weighted by atomic mass is 10.0. The lowest BCUT2D eigenvalue weighted by Crippen LogP contribution is -2.08. The molecule has 50 valence electrons. The van der Waals surface area contributed by atoms with E-state index in [0.717, 1.165) is 6.42 Å². The molecule has 9 heavy (non-hydrogen) atoms. The summed E-state index contributed by atoms with van der Waals surface area (Å²) < 4.78 is 0. The predicted octanol–water partition coefficient (Wildman–Crippen LogP) is 1.79. The first-order valence-electron chi connectivity index (χ1n) is 3.25. The van der Waals surface area contributed by atoms with Crippen LogP contribution in [0.3, 0.4) is 0 Å². The topological polar surface area (TPSA) is 17.1 Å². The minimum absolute atomic E-state index is 0.0399. The third-order valence-corrected chi connectivity index (χ3v) is 2.39. The van der Waals surface area contributed by atoms with E-state index < -0.39 is 0 Å². The van der Waals surface area contributed by atoms with Crippen LogP contribution < -0.4 is 0 Å². The van der Waals surface area contributed by atoms with Gasteiger partial charge in [-0.25, -0.2) is 0 Å². The Morgan fingerprint density at radius 3 is 2.56 bits per heavy atom. The quantitative estimate of drug-likeness (QED) is 0.513. The molecule has 0 aromatic carbocycles. The van der Waals surface area contributed by atoms with E-state index >= 15 is 0 Å². The Hall–Kier alpha value is -0.590. The van der Waals surface area contributed by atoms with Crippen LogP contribution >= 0.6 is 0 Å². The minimum atomic E-state index is -0.0399. The van der Waals surface area contributed by atoms with Crippen molar-refractivity contribution >= 4 is 5.78 Å². The molecule has 1 heteroatoms. The third kappa shape index (κ3) is 0.805. The van der Waals surface area contributed by atoms with Gasteiger partial charge in [0.2, 0.25) is 0 Å². The summed E-state index contributed by atoms with van der Waals surface area (Å²) in [6.07, 6.45) is 2.88. The highest BCUT2D eigenvalue weighted by molar-refractivity contribution is 5.85.